The first-order valence-electron chi connectivity index (χ1n) is 5.01. The molecule has 16 heavy (non-hydrogen) atoms. The van der Waals surface area contributed by atoms with Crippen molar-refractivity contribution in [2.45, 2.75) is 6.92 Å². The van der Waals surface area contributed by atoms with Crippen molar-refractivity contribution in [3.63, 3.8) is 0 Å². The van der Waals surface area contributed by atoms with Gasteiger partial charge in [0.05, 0.1) is 6.61 Å². The van der Waals surface area contributed by atoms with Crippen LogP contribution in [0.5, 0.6) is 0 Å². The molecule has 6 heteroatoms. The minimum Gasteiger partial charge on any atom is -0.458 e. The van der Waals surface area contributed by atoms with Crippen LogP contribution in [0, 0.1) is 6.92 Å². The summed E-state index contributed by atoms with van der Waals surface area (Å²) >= 11 is 0. The van der Waals surface area contributed by atoms with E-state index in [4.69, 9.17) is 9.15 Å². The molecule has 0 saturated heterocycles. The first-order chi connectivity index (χ1) is 7.79. The highest BCUT2D eigenvalue weighted by atomic mass is 16.5. The van der Waals surface area contributed by atoms with E-state index in [2.05, 4.69) is 20.5 Å². The molecule has 0 aliphatic rings. The highest BCUT2D eigenvalue weighted by Crippen LogP contribution is 2.18. The van der Waals surface area contributed by atoms with Crippen molar-refractivity contribution in [2.24, 2.45) is 0 Å². The van der Waals surface area contributed by atoms with E-state index in [9.17, 15) is 0 Å². The summed E-state index contributed by atoms with van der Waals surface area (Å²) in [4.78, 5) is 4.24. The number of aromatic amines is 1. The van der Waals surface area contributed by atoms with Crippen LogP contribution >= 0.6 is 0 Å². The average molecular weight is 222 g/mol. The van der Waals surface area contributed by atoms with E-state index >= 15 is 0 Å². The second kappa shape index (κ2) is 4.80. The van der Waals surface area contributed by atoms with Crippen molar-refractivity contribution in [1.29, 1.82) is 0 Å². The lowest BCUT2D eigenvalue weighted by molar-refractivity contribution is 0.210. The normalized spacial score (nSPS) is 10.6. The molecule has 0 radical (unpaired) electrons. The first-order valence-corrected chi connectivity index (χ1v) is 5.01. The number of nitrogens with zero attached hydrogens (tertiary/aromatic N) is 2. The maximum atomic E-state index is 5.42. The van der Waals surface area contributed by atoms with Crippen LogP contribution in [0.3, 0.4) is 0 Å². The van der Waals surface area contributed by atoms with Gasteiger partial charge in [-0.05, 0) is 19.1 Å². The Morgan fingerprint density at radius 3 is 3.06 bits per heavy atom. The number of aromatic nitrogens is 3. The summed E-state index contributed by atoms with van der Waals surface area (Å²) < 4.78 is 10.3. The highest BCUT2D eigenvalue weighted by Gasteiger charge is 2.08. The van der Waals surface area contributed by atoms with E-state index in [1.807, 2.05) is 19.1 Å². The Hall–Kier alpha value is -1.82. The molecule has 2 aromatic heterocycles. The summed E-state index contributed by atoms with van der Waals surface area (Å²) in [5.41, 5.74) is 0. The molecular formula is C10H14N4O2. The zero-order valence-electron chi connectivity index (χ0n) is 9.28. The van der Waals surface area contributed by atoms with E-state index in [1.54, 1.807) is 7.11 Å². The zero-order valence-corrected chi connectivity index (χ0v) is 9.28. The van der Waals surface area contributed by atoms with Gasteiger partial charge in [0.2, 0.25) is 5.95 Å². The van der Waals surface area contributed by atoms with E-state index in [-0.39, 0.29) is 0 Å². The van der Waals surface area contributed by atoms with Crippen LogP contribution in [-0.2, 0) is 4.74 Å². The van der Waals surface area contributed by atoms with Gasteiger partial charge in [-0.1, -0.05) is 0 Å². The van der Waals surface area contributed by atoms with Gasteiger partial charge in [0.1, 0.15) is 5.76 Å². The molecule has 0 unspecified atom stereocenters. The molecule has 0 bridgehead atoms. The fourth-order valence-corrected chi connectivity index (χ4v) is 1.28. The Bertz CT molecular complexity index is 449. The second-order valence-corrected chi connectivity index (χ2v) is 3.34. The number of H-pyrrole nitrogens is 1. The summed E-state index contributed by atoms with van der Waals surface area (Å²) in [6.07, 6.45) is 0. The largest absolute Gasteiger partial charge is 0.458 e. The van der Waals surface area contributed by atoms with Crippen LogP contribution < -0.4 is 5.32 Å². The van der Waals surface area contributed by atoms with Crippen molar-refractivity contribution >= 4 is 5.95 Å². The number of hydrogen-bond donors (Lipinski definition) is 2. The second-order valence-electron chi connectivity index (χ2n) is 3.34. The molecule has 0 saturated carbocycles. The quantitative estimate of drug-likeness (QED) is 0.748. The number of methoxy groups -OCH3 is 1. The number of rotatable bonds is 5. The summed E-state index contributed by atoms with van der Waals surface area (Å²) in [6.45, 7) is 3.17. The molecule has 2 aromatic rings. The van der Waals surface area contributed by atoms with E-state index < -0.39 is 0 Å². The summed E-state index contributed by atoms with van der Waals surface area (Å²) in [7, 11) is 1.65. The summed E-state index contributed by atoms with van der Waals surface area (Å²) in [6, 6.07) is 3.74. The lowest BCUT2D eigenvalue weighted by Gasteiger charge is -1.98. The molecule has 0 atom stereocenters. The number of anilines is 1. The molecule has 0 spiro atoms. The number of furan rings is 1. The SMILES string of the molecule is COCCNc1n[nH]c(-c2ccc(C)o2)n1. The monoisotopic (exact) mass is 222 g/mol. The van der Waals surface area contributed by atoms with Crippen LogP contribution in [0.4, 0.5) is 5.95 Å². The average Bonchev–Trinajstić information content (AvgIpc) is 2.87. The van der Waals surface area contributed by atoms with Crippen LogP contribution in [0.15, 0.2) is 16.5 Å². The molecule has 6 nitrogen and oxygen atoms in total. The maximum absolute atomic E-state index is 5.42. The van der Waals surface area contributed by atoms with Gasteiger partial charge >= 0.3 is 0 Å². The van der Waals surface area contributed by atoms with Crippen LogP contribution in [0.25, 0.3) is 11.6 Å². The maximum Gasteiger partial charge on any atom is 0.242 e. The number of ether oxygens (including phenoxy) is 1. The van der Waals surface area contributed by atoms with Crippen LogP contribution in [-0.4, -0.2) is 35.4 Å². The van der Waals surface area contributed by atoms with Gasteiger partial charge in [-0.2, -0.15) is 4.98 Å². The molecular weight excluding hydrogens is 208 g/mol. The third-order valence-electron chi connectivity index (χ3n) is 2.05. The van der Waals surface area contributed by atoms with Crippen molar-refractivity contribution < 1.29 is 9.15 Å². The fraction of sp³-hybridized carbons (Fsp3) is 0.400. The highest BCUT2D eigenvalue weighted by molar-refractivity contribution is 5.48. The molecule has 2 N–H and O–H groups in total. The first kappa shape index (κ1) is 10.7. The van der Waals surface area contributed by atoms with Gasteiger partial charge in [-0.25, -0.2) is 0 Å². The molecule has 2 heterocycles. The van der Waals surface area contributed by atoms with Crippen LogP contribution in [0.2, 0.25) is 0 Å². The topological polar surface area (TPSA) is 76.0 Å². The van der Waals surface area contributed by atoms with Crippen molar-refractivity contribution in [3.8, 4) is 11.6 Å². The van der Waals surface area contributed by atoms with Gasteiger partial charge in [-0.3, -0.25) is 5.10 Å². The predicted octanol–water partition coefficient (Wildman–Crippen LogP) is 1.43. The molecule has 0 aliphatic carbocycles. The Labute approximate surface area is 93.0 Å². The fourth-order valence-electron chi connectivity index (χ4n) is 1.28. The molecule has 86 valence electrons. The van der Waals surface area contributed by atoms with Crippen molar-refractivity contribution in [2.75, 3.05) is 25.6 Å². The summed E-state index contributed by atoms with van der Waals surface area (Å²) in [5, 5.41) is 9.84. The predicted molar refractivity (Wildman–Crippen MR) is 59.2 cm³/mol. The summed E-state index contributed by atoms with van der Waals surface area (Å²) in [5.74, 6) is 2.69. The standard InChI is InChI=1S/C10H14N4O2/c1-7-3-4-8(16-7)9-12-10(14-13-9)11-5-6-15-2/h3-4H,5-6H2,1-2H3,(H2,11,12,13,14). The van der Waals surface area contributed by atoms with E-state index in [0.29, 0.717) is 30.7 Å². The Morgan fingerprint density at radius 2 is 2.38 bits per heavy atom. The van der Waals surface area contributed by atoms with Gasteiger partial charge in [-0.15, -0.1) is 5.10 Å². The lowest BCUT2D eigenvalue weighted by Crippen LogP contribution is -2.08. The Kier molecular flexibility index (Phi) is 3.21. The van der Waals surface area contributed by atoms with Crippen molar-refractivity contribution in [1.82, 2.24) is 15.2 Å². The number of hydrogen-bond acceptors (Lipinski definition) is 5. The third-order valence-corrected chi connectivity index (χ3v) is 2.05. The molecule has 0 fully saturated rings. The third kappa shape index (κ3) is 2.40. The Morgan fingerprint density at radius 1 is 1.50 bits per heavy atom. The molecule has 2 rings (SSSR count). The van der Waals surface area contributed by atoms with E-state index in [0.717, 1.165) is 5.76 Å². The minimum absolute atomic E-state index is 0.543. The Balaban J connectivity index is 2.02. The molecule has 0 aliphatic heterocycles. The zero-order chi connectivity index (χ0) is 11.4. The van der Waals surface area contributed by atoms with Gasteiger partial charge in [0, 0.05) is 13.7 Å². The number of nitrogens with one attached hydrogen (secondary N) is 2. The molecule has 0 aromatic carbocycles. The van der Waals surface area contributed by atoms with Gasteiger partial charge in [0.15, 0.2) is 11.6 Å². The lowest BCUT2D eigenvalue weighted by atomic mass is 10.4. The molecule has 0 amide bonds. The number of aryl methyl sites for hydroxylation is 1. The smallest absolute Gasteiger partial charge is 0.242 e. The van der Waals surface area contributed by atoms with Crippen LogP contribution in [0.1, 0.15) is 5.76 Å². The van der Waals surface area contributed by atoms with E-state index in [1.165, 1.54) is 0 Å². The van der Waals surface area contributed by atoms with Gasteiger partial charge < -0.3 is 14.5 Å². The van der Waals surface area contributed by atoms with Crippen molar-refractivity contribution in [3.05, 3.63) is 17.9 Å². The minimum atomic E-state index is 0.543. The van der Waals surface area contributed by atoms with Gasteiger partial charge in [0.25, 0.3) is 0 Å².